The largest absolute Gasteiger partial charge is 0.381 e. The molecule has 1 saturated carbocycles. The number of nitro benzene ring substituents is 1. The van der Waals surface area contributed by atoms with Crippen LogP contribution in [-0.2, 0) is 4.74 Å². The topological polar surface area (TPSA) is 79.4 Å². The summed E-state index contributed by atoms with van der Waals surface area (Å²) in [5.41, 5.74) is 0.985. The molecule has 0 amide bonds. The molecular weight excluding hydrogens is 270 g/mol. The summed E-state index contributed by atoms with van der Waals surface area (Å²) in [4.78, 5) is 13.1. The van der Waals surface area contributed by atoms with Crippen molar-refractivity contribution >= 4 is 11.4 Å². The Morgan fingerprint density at radius 2 is 2.24 bits per heavy atom. The summed E-state index contributed by atoms with van der Waals surface area (Å²) in [6.45, 7) is 2.29. The molecule has 0 radical (unpaired) electrons. The van der Waals surface area contributed by atoms with Crippen molar-refractivity contribution in [2.45, 2.75) is 25.3 Å². The molecule has 21 heavy (non-hydrogen) atoms. The smallest absolute Gasteiger partial charge is 0.293 e. The van der Waals surface area contributed by atoms with Gasteiger partial charge in [-0.1, -0.05) is 0 Å². The van der Waals surface area contributed by atoms with Gasteiger partial charge in [-0.05, 0) is 31.4 Å². The fourth-order valence-electron chi connectivity index (χ4n) is 2.82. The quantitative estimate of drug-likeness (QED) is 0.614. The summed E-state index contributed by atoms with van der Waals surface area (Å²) in [7, 11) is 0. The highest BCUT2D eigenvalue weighted by Crippen LogP contribution is 2.38. The second-order valence-corrected chi connectivity index (χ2v) is 5.69. The van der Waals surface area contributed by atoms with Gasteiger partial charge in [-0.2, -0.15) is 5.26 Å². The van der Waals surface area contributed by atoms with E-state index in [0.29, 0.717) is 23.2 Å². The van der Waals surface area contributed by atoms with Gasteiger partial charge in [0.05, 0.1) is 23.2 Å². The van der Waals surface area contributed by atoms with Gasteiger partial charge in [0.15, 0.2) is 0 Å². The van der Waals surface area contributed by atoms with Crippen LogP contribution in [0.5, 0.6) is 0 Å². The highest BCUT2D eigenvalue weighted by molar-refractivity contribution is 5.66. The Morgan fingerprint density at radius 3 is 2.81 bits per heavy atom. The predicted octanol–water partition coefficient (Wildman–Crippen LogP) is 2.47. The highest BCUT2D eigenvalue weighted by Gasteiger charge is 2.35. The van der Waals surface area contributed by atoms with Crippen molar-refractivity contribution in [2.24, 2.45) is 5.92 Å². The fourth-order valence-corrected chi connectivity index (χ4v) is 2.82. The van der Waals surface area contributed by atoms with Crippen molar-refractivity contribution < 1.29 is 9.66 Å². The van der Waals surface area contributed by atoms with Gasteiger partial charge in [0.2, 0.25) is 0 Å². The van der Waals surface area contributed by atoms with Crippen LogP contribution in [0.4, 0.5) is 11.4 Å². The zero-order valence-electron chi connectivity index (χ0n) is 11.7. The first kappa shape index (κ1) is 13.8. The van der Waals surface area contributed by atoms with Crippen LogP contribution in [0.3, 0.4) is 0 Å². The third kappa shape index (κ3) is 2.98. The summed E-state index contributed by atoms with van der Waals surface area (Å²) >= 11 is 0. The van der Waals surface area contributed by atoms with Gasteiger partial charge in [0, 0.05) is 31.2 Å². The monoisotopic (exact) mass is 287 g/mol. The number of rotatable bonds is 5. The molecule has 0 aromatic heterocycles. The van der Waals surface area contributed by atoms with Crippen LogP contribution in [0.1, 0.15) is 24.8 Å². The highest BCUT2D eigenvalue weighted by atomic mass is 16.6. The molecule has 1 unspecified atom stereocenters. The molecular formula is C15H17N3O3. The van der Waals surface area contributed by atoms with Gasteiger partial charge in [-0.3, -0.25) is 10.1 Å². The number of hydrogen-bond donors (Lipinski definition) is 0. The van der Waals surface area contributed by atoms with Gasteiger partial charge < -0.3 is 9.64 Å². The molecule has 1 atom stereocenters. The van der Waals surface area contributed by atoms with Crippen LogP contribution in [0.25, 0.3) is 0 Å². The Bertz CT molecular complexity index is 586. The van der Waals surface area contributed by atoms with E-state index < -0.39 is 4.92 Å². The molecule has 0 spiro atoms. The molecule has 2 fully saturated rings. The standard InChI is InChI=1S/C15H17N3O3/c16-8-11-1-4-14(15(7-11)18(19)20)17(13-2-3-13)9-12-5-6-21-10-12/h1,4,7,12-13H,2-3,5-6,9-10H2. The lowest BCUT2D eigenvalue weighted by Crippen LogP contribution is -2.32. The SMILES string of the molecule is N#Cc1ccc(N(CC2CCOC2)C2CC2)c([N+](=O)[O-])c1. The number of nitrogens with zero attached hydrogens (tertiary/aromatic N) is 3. The maximum Gasteiger partial charge on any atom is 0.293 e. The predicted molar refractivity (Wildman–Crippen MR) is 77.1 cm³/mol. The van der Waals surface area contributed by atoms with Crippen molar-refractivity contribution in [3.05, 3.63) is 33.9 Å². The lowest BCUT2D eigenvalue weighted by Gasteiger charge is -2.27. The van der Waals surface area contributed by atoms with Crippen LogP contribution in [-0.4, -0.2) is 30.7 Å². The van der Waals surface area contributed by atoms with Crippen molar-refractivity contribution in [1.29, 1.82) is 5.26 Å². The van der Waals surface area contributed by atoms with Gasteiger partial charge >= 0.3 is 0 Å². The van der Waals surface area contributed by atoms with Gasteiger partial charge in [0.1, 0.15) is 5.69 Å². The lowest BCUT2D eigenvalue weighted by atomic mass is 10.1. The summed E-state index contributed by atoms with van der Waals surface area (Å²) in [6.07, 6.45) is 3.16. The molecule has 2 aliphatic rings. The van der Waals surface area contributed by atoms with Crippen LogP contribution in [0.2, 0.25) is 0 Å². The minimum atomic E-state index is -0.392. The molecule has 1 heterocycles. The Balaban J connectivity index is 1.91. The molecule has 3 rings (SSSR count). The average Bonchev–Trinajstić information content (AvgIpc) is 3.21. The molecule has 1 aliphatic heterocycles. The maximum atomic E-state index is 11.3. The minimum absolute atomic E-state index is 0.0277. The third-order valence-electron chi connectivity index (χ3n) is 4.08. The van der Waals surface area contributed by atoms with E-state index in [1.807, 2.05) is 6.07 Å². The Kier molecular flexibility index (Phi) is 3.76. The molecule has 0 N–H and O–H groups in total. The molecule has 1 aliphatic carbocycles. The van der Waals surface area contributed by atoms with Crippen LogP contribution in [0, 0.1) is 27.4 Å². The molecule has 1 aromatic carbocycles. The Morgan fingerprint density at radius 1 is 1.43 bits per heavy atom. The van der Waals surface area contributed by atoms with Gasteiger partial charge in [-0.15, -0.1) is 0 Å². The molecule has 0 bridgehead atoms. The van der Waals surface area contributed by atoms with E-state index in [-0.39, 0.29) is 5.69 Å². The number of nitro groups is 1. The second kappa shape index (κ2) is 5.70. The Hall–Kier alpha value is -2.13. The zero-order chi connectivity index (χ0) is 14.8. The first-order chi connectivity index (χ1) is 10.2. The summed E-state index contributed by atoms with van der Waals surface area (Å²) < 4.78 is 5.40. The third-order valence-corrected chi connectivity index (χ3v) is 4.08. The average molecular weight is 287 g/mol. The van der Waals surface area contributed by atoms with Crippen molar-refractivity contribution in [2.75, 3.05) is 24.7 Å². The second-order valence-electron chi connectivity index (χ2n) is 5.69. The van der Waals surface area contributed by atoms with Crippen molar-refractivity contribution in [1.82, 2.24) is 0 Å². The molecule has 1 saturated heterocycles. The molecule has 6 nitrogen and oxygen atoms in total. The number of benzene rings is 1. The first-order valence-electron chi connectivity index (χ1n) is 7.22. The Labute approximate surface area is 123 Å². The molecule has 110 valence electrons. The summed E-state index contributed by atoms with van der Waals surface area (Å²) in [6, 6.07) is 7.09. The van der Waals surface area contributed by atoms with Crippen molar-refractivity contribution in [3.63, 3.8) is 0 Å². The fraction of sp³-hybridized carbons (Fsp3) is 0.533. The van der Waals surface area contributed by atoms with Crippen LogP contribution < -0.4 is 4.90 Å². The lowest BCUT2D eigenvalue weighted by molar-refractivity contribution is -0.384. The normalized spacial score (nSPS) is 21.0. The number of anilines is 1. The number of hydrogen-bond acceptors (Lipinski definition) is 5. The number of nitriles is 1. The van der Waals surface area contributed by atoms with E-state index in [1.54, 1.807) is 12.1 Å². The number of ether oxygens (including phenoxy) is 1. The van der Waals surface area contributed by atoms with E-state index in [9.17, 15) is 10.1 Å². The zero-order valence-corrected chi connectivity index (χ0v) is 11.7. The van der Waals surface area contributed by atoms with Gasteiger partial charge in [0.25, 0.3) is 5.69 Å². The van der Waals surface area contributed by atoms with Crippen LogP contribution >= 0.6 is 0 Å². The van der Waals surface area contributed by atoms with Crippen LogP contribution in [0.15, 0.2) is 18.2 Å². The summed E-state index contributed by atoms with van der Waals surface area (Å²) in [5, 5.41) is 20.2. The van der Waals surface area contributed by atoms with Gasteiger partial charge in [-0.25, -0.2) is 0 Å². The minimum Gasteiger partial charge on any atom is -0.381 e. The first-order valence-corrected chi connectivity index (χ1v) is 7.22. The maximum absolute atomic E-state index is 11.3. The van der Waals surface area contributed by atoms with E-state index in [0.717, 1.165) is 39.0 Å². The van der Waals surface area contributed by atoms with E-state index in [4.69, 9.17) is 10.00 Å². The summed E-state index contributed by atoms with van der Waals surface area (Å²) in [5.74, 6) is 0.431. The van der Waals surface area contributed by atoms with Crippen molar-refractivity contribution in [3.8, 4) is 6.07 Å². The molecule has 6 heteroatoms. The van der Waals surface area contributed by atoms with E-state index in [2.05, 4.69) is 4.90 Å². The molecule has 1 aromatic rings. The van der Waals surface area contributed by atoms with E-state index in [1.165, 1.54) is 6.07 Å². The van der Waals surface area contributed by atoms with E-state index >= 15 is 0 Å².